The van der Waals surface area contributed by atoms with Crippen molar-refractivity contribution in [3.8, 4) is 0 Å². The quantitative estimate of drug-likeness (QED) is 0.853. The second-order valence-electron chi connectivity index (χ2n) is 4.35. The summed E-state index contributed by atoms with van der Waals surface area (Å²) >= 11 is 1.62. The molecule has 0 amide bonds. The number of hydrogen-bond acceptors (Lipinski definition) is 6. The van der Waals surface area contributed by atoms with Crippen LogP contribution in [0.2, 0.25) is 0 Å². The summed E-state index contributed by atoms with van der Waals surface area (Å²) in [6, 6.07) is 1.70. The molecule has 1 aliphatic rings. The molecular weight excluding hydrogens is 264 g/mol. The molecule has 1 saturated heterocycles. The molecule has 0 aliphatic carbocycles. The number of rotatable bonds is 4. The van der Waals surface area contributed by atoms with E-state index in [2.05, 4.69) is 4.98 Å². The van der Waals surface area contributed by atoms with E-state index in [1.807, 2.05) is 6.92 Å². The summed E-state index contributed by atoms with van der Waals surface area (Å²) in [6.45, 7) is 4.92. The SMILES string of the molecule is CCOC(=O)c1cc(SC2CCOC2C)ncc1N. The minimum absolute atomic E-state index is 0.204. The van der Waals surface area contributed by atoms with Gasteiger partial charge in [-0.1, -0.05) is 0 Å². The summed E-state index contributed by atoms with van der Waals surface area (Å²) in [5.74, 6) is -0.403. The van der Waals surface area contributed by atoms with Gasteiger partial charge in [-0.2, -0.15) is 0 Å². The molecule has 1 aliphatic heterocycles. The molecule has 0 radical (unpaired) electrons. The van der Waals surface area contributed by atoms with Crippen LogP contribution in [0.1, 0.15) is 30.6 Å². The molecule has 2 atom stereocenters. The van der Waals surface area contributed by atoms with Crippen LogP contribution in [0, 0.1) is 0 Å². The molecule has 0 aromatic carbocycles. The summed E-state index contributed by atoms with van der Waals surface area (Å²) in [5, 5.41) is 1.14. The van der Waals surface area contributed by atoms with E-state index in [-0.39, 0.29) is 6.10 Å². The lowest BCUT2D eigenvalue weighted by atomic mass is 10.2. The average Bonchev–Trinajstić information content (AvgIpc) is 2.78. The van der Waals surface area contributed by atoms with E-state index >= 15 is 0 Å². The fraction of sp³-hybridized carbons (Fsp3) is 0.538. The number of carbonyl (C=O) groups excluding carboxylic acids is 1. The number of nitrogens with zero attached hydrogens (tertiary/aromatic N) is 1. The molecule has 19 heavy (non-hydrogen) atoms. The van der Waals surface area contributed by atoms with Crippen LogP contribution in [0.25, 0.3) is 0 Å². The third-order valence-electron chi connectivity index (χ3n) is 2.98. The van der Waals surface area contributed by atoms with Crippen LogP contribution in [0.5, 0.6) is 0 Å². The van der Waals surface area contributed by atoms with Gasteiger partial charge in [0.25, 0.3) is 0 Å². The molecular formula is C13H18N2O3S. The molecule has 104 valence electrons. The van der Waals surface area contributed by atoms with E-state index in [1.165, 1.54) is 6.20 Å². The number of hydrogen-bond donors (Lipinski definition) is 1. The lowest BCUT2D eigenvalue weighted by Crippen LogP contribution is -2.14. The zero-order valence-electron chi connectivity index (χ0n) is 11.1. The third-order valence-corrected chi connectivity index (χ3v) is 4.37. The number of anilines is 1. The predicted molar refractivity (Wildman–Crippen MR) is 74.3 cm³/mol. The van der Waals surface area contributed by atoms with Crippen molar-refractivity contribution in [2.45, 2.75) is 36.6 Å². The Balaban J connectivity index is 2.13. The van der Waals surface area contributed by atoms with Crippen LogP contribution >= 0.6 is 11.8 Å². The van der Waals surface area contributed by atoms with Crippen LogP contribution in [0.3, 0.4) is 0 Å². The van der Waals surface area contributed by atoms with Gasteiger partial charge in [0.1, 0.15) is 0 Å². The second-order valence-corrected chi connectivity index (χ2v) is 5.61. The van der Waals surface area contributed by atoms with Gasteiger partial charge >= 0.3 is 5.97 Å². The van der Waals surface area contributed by atoms with Gasteiger partial charge in [-0.3, -0.25) is 0 Å². The number of nitrogens with two attached hydrogens (primary N) is 1. The Morgan fingerprint density at radius 1 is 1.68 bits per heavy atom. The molecule has 0 saturated carbocycles. The first-order chi connectivity index (χ1) is 9.11. The van der Waals surface area contributed by atoms with Crippen molar-refractivity contribution in [3.05, 3.63) is 17.8 Å². The average molecular weight is 282 g/mol. The standard InChI is InChI=1S/C13H18N2O3S/c1-3-17-13(16)9-6-12(15-7-10(9)14)19-11-4-5-18-8(11)2/h6-8,11H,3-5,14H2,1-2H3. The van der Waals surface area contributed by atoms with Crippen molar-refractivity contribution in [2.75, 3.05) is 18.9 Å². The Hall–Kier alpha value is -1.27. The lowest BCUT2D eigenvalue weighted by molar-refractivity contribution is 0.0527. The molecule has 1 aromatic heterocycles. The van der Waals surface area contributed by atoms with Gasteiger partial charge in [-0.25, -0.2) is 9.78 Å². The molecule has 1 aromatic rings. The minimum atomic E-state index is -0.403. The number of esters is 1. The number of pyridine rings is 1. The summed E-state index contributed by atoms with van der Waals surface area (Å²) in [4.78, 5) is 16.0. The number of carbonyl (C=O) groups is 1. The van der Waals surface area contributed by atoms with Crippen molar-refractivity contribution in [3.63, 3.8) is 0 Å². The fourth-order valence-corrected chi connectivity index (χ4v) is 3.01. The predicted octanol–water partition coefficient (Wildman–Crippen LogP) is 2.11. The summed E-state index contributed by atoms with van der Waals surface area (Å²) in [7, 11) is 0. The Labute approximate surface area is 116 Å². The van der Waals surface area contributed by atoms with Crippen LogP contribution in [-0.4, -0.2) is 35.5 Å². The Bertz CT molecular complexity index is 467. The van der Waals surface area contributed by atoms with E-state index in [1.54, 1.807) is 24.8 Å². The lowest BCUT2D eigenvalue weighted by Gasteiger charge is -2.13. The van der Waals surface area contributed by atoms with Crippen molar-refractivity contribution < 1.29 is 14.3 Å². The molecule has 2 N–H and O–H groups in total. The molecule has 2 rings (SSSR count). The van der Waals surface area contributed by atoms with Gasteiger partial charge in [0.05, 0.1) is 35.2 Å². The van der Waals surface area contributed by atoms with Crippen LogP contribution in [-0.2, 0) is 9.47 Å². The van der Waals surface area contributed by atoms with Crippen molar-refractivity contribution >= 4 is 23.4 Å². The molecule has 2 unspecified atom stereocenters. The van der Waals surface area contributed by atoms with Crippen molar-refractivity contribution in [1.29, 1.82) is 0 Å². The van der Waals surface area contributed by atoms with Crippen molar-refractivity contribution in [1.82, 2.24) is 4.98 Å². The Morgan fingerprint density at radius 2 is 2.47 bits per heavy atom. The fourth-order valence-electron chi connectivity index (χ4n) is 1.92. The smallest absolute Gasteiger partial charge is 0.340 e. The Kier molecular flexibility index (Phi) is 4.66. The van der Waals surface area contributed by atoms with E-state index in [9.17, 15) is 4.79 Å². The molecule has 5 nitrogen and oxygen atoms in total. The first-order valence-corrected chi connectivity index (χ1v) is 7.20. The summed E-state index contributed by atoms with van der Waals surface area (Å²) < 4.78 is 10.5. The molecule has 1 fully saturated rings. The maximum Gasteiger partial charge on any atom is 0.340 e. The van der Waals surface area contributed by atoms with Crippen LogP contribution in [0.15, 0.2) is 17.3 Å². The number of nitrogen functional groups attached to an aromatic ring is 1. The maximum absolute atomic E-state index is 11.8. The minimum Gasteiger partial charge on any atom is -0.462 e. The highest BCUT2D eigenvalue weighted by Gasteiger charge is 2.26. The number of thioether (sulfide) groups is 1. The highest BCUT2D eigenvalue weighted by Crippen LogP contribution is 2.32. The Morgan fingerprint density at radius 3 is 3.11 bits per heavy atom. The van der Waals surface area contributed by atoms with Gasteiger partial charge < -0.3 is 15.2 Å². The monoisotopic (exact) mass is 282 g/mol. The van der Waals surface area contributed by atoms with Crippen LogP contribution < -0.4 is 5.73 Å². The van der Waals surface area contributed by atoms with E-state index < -0.39 is 5.97 Å². The zero-order chi connectivity index (χ0) is 13.8. The second kappa shape index (κ2) is 6.25. The van der Waals surface area contributed by atoms with Gasteiger partial charge in [-0.15, -0.1) is 11.8 Å². The largest absolute Gasteiger partial charge is 0.462 e. The van der Waals surface area contributed by atoms with Crippen LogP contribution in [0.4, 0.5) is 5.69 Å². The molecule has 2 heterocycles. The number of aromatic nitrogens is 1. The molecule has 0 spiro atoms. The maximum atomic E-state index is 11.8. The molecule has 6 heteroatoms. The molecule has 0 bridgehead atoms. The van der Waals surface area contributed by atoms with Gasteiger partial charge in [-0.05, 0) is 26.3 Å². The van der Waals surface area contributed by atoms with E-state index in [0.29, 0.717) is 23.1 Å². The zero-order valence-corrected chi connectivity index (χ0v) is 11.9. The van der Waals surface area contributed by atoms with Gasteiger partial charge in [0, 0.05) is 11.9 Å². The highest BCUT2D eigenvalue weighted by atomic mass is 32.2. The van der Waals surface area contributed by atoms with E-state index in [0.717, 1.165) is 18.1 Å². The number of ether oxygens (including phenoxy) is 2. The van der Waals surface area contributed by atoms with Crippen molar-refractivity contribution in [2.24, 2.45) is 0 Å². The van der Waals surface area contributed by atoms with Gasteiger partial charge in [0.15, 0.2) is 0 Å². The topological polar surface area (TPSA) is 74.4 Å². The first-order valence-electron chi connectivity index (χ1n) is 6.32. The summed E-state index contributed by atoms with van der Waals surface area (Å²) in [6.07, 6.45) is 2.71. The third kappa shape index (κ3) is 3.39. The summed E-state index contributed by atoms with van der Waals surface area (Å²) in [5.41, 5.74) is 6.49. The van der Waals surface area contributed by atoms with Gasteiger partial charge in [0.2, 0.25) is 0 Å². The van der Waals surface area contributed by atoms with E-state index in [4.69, 9.17) is 15.2 Å². The highest BCUT2D eigenvalue weighted by molar-refractivity contribution is 7.99. The normalized spacial score (nSPS) is 22.4. The first kappa shape index (κ1) is 14.1.